The van der Waals surface area contributed by atoms with E-state index in [9.17, 15) is 34.1 Å². The second-order valence-electron chi connectivity index (χ2n) is 14.5. The van der Waals surface area contributed by atoms with E-state index < -0.39 is 57.6 Å². The number of esters is 1. The van der Waals surface area contributed by atoms with Crippen molar-refractivity contribution in [3.63, 3.8) is 0 Å². The van der Waals surface area contributed by atoms with Crippen molar-refractivity contribution in [2.45, 2.75) is 167 Å². The second-order valence-corrected chi connectivity index (χ2v) is 15.9. The summed E-state index contributed by atoms with van der Waals surface area (Å²) >= 11 is 0. The number of nitrogens with one attached hydrogen (secondary N) is 1. The van der Waals surface area contributed by atoms with Crippen molar-refractivity contribution < 1.29 is 47.8 Å². The van der Waals surface area contributed by atoms with E-state index in [1.165, 1.54) is 12.8 Å². The van der Waals surface area contributed by atoms with E-state index in [0.717, 1.165) is 103 Å². The van der Waals surface area contributed by atoms with Gasteiger partial charge in [0.15, 0.2) is 6.04 Å². The number of carboxylic acid groups (broad SMARTS) is 1. The number of carboxylic acids is 1. The summed E-state index contributed by atoms with van der Waals surface area (Å²) in [7, 11) is -4.78. The van der Waals surface area contributed by atoms with Crippen molar-refractivity contribution in [3.05, 3.63) is 97.2 Å². The lowest BCUT2D eigenvalue weighted by Crippen LogP contribution is -2.43. The lowest BCUT2D eigenvalue weighted by Gasteiger charge is -2.18. The van der Waals surface area contributed by atoms with E-state index in [4.69, 9.17) is 13.8 Å². The number of carbonyl (C=O) groups excluding carboxylic acids is 2. The van der Waals surface area contributed by atoms with Crippen molar-refractivity contribution in [1.29, 1.82) is 0 Å². The number of rotatable bonds is 40. The molecule has 0 saturated carbocycles. The summed E-state index contributed by atoms with van der Waals surface area (Å²) in [6.07, 6.45) is 52.8. The van der Waals surface area contributed by atoms with Crippen LogP contribution in [0.15, 0.2) is 97.2 Å². The van der Waals surface area contributed by atoms with E-state index >= 15 is 0 Å². The number of aliphatic carboxylic acids is 1. The Morgan fingerprint density at radius 1 is 0.533 bits per heavy atom. The first-order valence-electron chi connectivity index (χ1n) is 22.3. The highest BCUT2D eigenvalue weighted by Gasteiger charge is 2.28. The Bertz CT molecular complexity index is 1380. The predicted molar refractivity (Wildman–Crippen MR) is 244 cm³/mol. The Balaban J connectivity index is 3.99. The highest BCUT2D eigenvalue weighted by atomic mass is 31.2. The lowest BCUT2D eigenvalue weighted by molar-refractivity contribution is -0.147. The molecule has 0 radical (unpaired) electrons. The molecule has 0 aromatic rings. The van der Waals surface area contributed by atoms with Crippen molar-refractivity contribution in [3.8, 4) is 0 Å². The molecule has 3 unspecified atom stereocenters. The molecule has 1 amide bonds. The number of aliphatic hydroxyl groups is 1. The molecule has 340 valence electrons. The van der Waals surface area contributed by atoms with E-state index in [1.807, 2.05) is 0 Å². The van der Waals surface area contributed by atoms with Gasteiger partial charge in [-0.3, -0.25) is 18.6 Å². The van der Waals surface area contributed by atoms with Crippen molar-refractivity contribution >= 4 is 25.7 Å². The highest BCUT2D eigenvalue weighted by molar-refractivity contribution is 7.47. The van der Waals surface area contributed by atoms with Gasteiger partial charge in [-0.1, -0.05) is 150 Å². The summed E-state index contributed by atoms with van der Waals surface area (Å²) in [4.78, 5) is 46.0. The van der Waals surface area contributed by atoms with E-state index in [-0.39, 0.29) is 12.8 Å². The minimum absolute atomic E-state index is 0.0999. The summed E-state index contributed by atoms with van der Waals surface area (Å²) in [6, 6.07) is -1.57. The van der Waals surface area contributed by atoms with Gasteiger partial charge in [-0.15, -0.1) is 0 Å². The van der Waals surface area contributed by atoms with Crippen LogP contribution < -0.4 is 5.32 Å². The fourth-order valence-electron chi connectivity index (χ4n) is 5.47. The molecule has 3 atom stereocenters. The monoisotopic (exact) mass is 860 g/mol. The fourth-order valence-corrected chi connectivity index (χ4v) is 6.24. The smallest absolute Gasteiger partial charge is 0.472 e. The third-order valence-corrected chi connectivity index (χ3v) is 9.82. The molecule has 11 nitrogen and oxygen atoms in total. The molecule has 0 bridgehead atoms. The van der Waals surface area contributed by atoms with Crippen LogP contribution in [0.5, 0.6) is 0 Å². The van der Waals surface area contributed by atoms with Crippen LogP contribution in [0.3, 0.4) is 0 Å². The molecule has 0 aromatic carbocycles. The number of hydrogen-bond donors (Lipinski definition) is 4. The van der Waals surface area contributed by atoms with Gasteiger partial charge in [0.1, 0.15) is 12.7 Å². The van der Waals surface area contributed by atoms with Crippen LogP contribution in [-0.2, 0) is 32.7 Å². The van der Waals surface area contributed by atoms with E-state index in [1.54, 1.807) is 0 Å². The van der Waals surface area contributed by atoms with E-state index in [2.05, 4.69) is 116 Å². The number of amides is 1. The molecule has 0 aliphatic rings. The Morgan fingerprint density at radius 2 is 0.917 bits per heavy atom. The van der Waals surface area contributed by atoms with Gasteiger partial charge in [-0.05, 0) is 89.9 Å². The van der Waals surface area contributed by atoms with Gasteiger partial charge < -0.3 is 25.2 Å². The minimum Gasteiger partial charge on any atom is -0.480 e. The number of phosphoric acid groups is 1. The maximum absolute atomic E-state index is 12.3. The minimum atomic E-state index is -4.78. The average Bonchev–Trinajstić information content (AvgIpc) is 3.22. The van der Waals surface area contributed by atoms with Crippen LogP contribution in [0.2, 0.25) is 0 Å². The van der Waals surface area contributed by atoms with Crippen LogP contribution >= 0.6 is 7.82 Å². The Hall–Kier alpha value is -3.60. The summed E-state index contributed by atoms with van der Waals surface area (Å²) < 4.78 is 26.8. The van der Waals surface area contributed by atoms with E-state index in [0.29, 0.717) is 12.8 Å². The Morgan fingerprint density at radius 3 is 1.38 bits per heavy atom. The van der Waals surface area contributed by atoms with Crippen molar-refractivity contribution in [2.24, 2.45) is 0 Å². The van der Waals surface area contributed by atoms with Gasteiger partial charge in [-0.25, -0.2) is 9.36 Å². The summed E-state index contributed by atoms with van der Waals surface area (Å²) in [5, 5.41) is 21.8. The first-order chi connectivity index (χ1) is 29.1. The standard InChI is InChI=1S/C48H78NO10P/c1-3-5-7-9-11-13-15-17-19-21-22-24-25-27-29-31-33-35-37-39-46(51)49-45(48(53)54)43-59-60(55,56)58-42-44(50)41-57-47(52)40-38-36-34-32-30-28-26-23-20-18-16-14-12-10-8-6-4-2/h5-8,11-14,17-20,22,24,27,29,44-45,50H,3-4,9-10,15-16,21,23,25-26,28,30-43H2,1-2H3,(H,49,51)(H,53,54)(H,55,56)/b7-5-,8-6-,13-11-,14-12-,19-17-,20-18-,24-22-,29-27-. The zero-order chi connectivity index (χ0) is 44.2. The van der Waals surface area contributed by atoms with Gasteiger partial charge in [0.2, 0.25) is 5.91 Å². The first kappa shape index (κ1) is 56.4. The van der Waals surface area contributed by atoms with Gasteiger partial charge in [0, 0.05) is 12.8 Å². The Labute approximate surface area is 362 Å². The molecule has 0 aliphatic carbocycles. The van der Waals surface area contributed by atoms with Crippen molar-refractivity contribution in [1.82, 2.24) is 5.32 Å². The number of hydrogen-bond acceptors (Lipinski definition) is 8. The van der Waals surface area contributed by atoms with Gasteiger partial charge in [0.05, 0.1) is 13.2 Å². The topological polar surface area (TPSA) is 169 Å². The van der Waals surface area contributed by atoms with Gasteiger partial charge >= 0.3 is 19.8 Å². The quantitative estimate of drug-likeness (QED) is 0.0201. The molecular formula is C48H78NO10P. The number of phosphoric ester groups is 1. The van der Waals surface area contributed by atoms with Crippen LogP contribution in [0, 0.1) is 0 Å². The molecule has 0 aromatic heterocycles. The van der Waals surface area contributed by atoms with Crippen LogP contribution in [-0.4, -0.2) is 64.9 Å². The Kier molecular flexibility index (Phi) is 39.6. The number of carbonyl (C=O) groups is 3. The maximum Gasteiger partial charge on any atom is 0.472 e. The van der Waals surface area contributed by atoms with Crippen LogP contribution in [0.25, 0.3) is 0 Å². The average molecular weight is 860 g/mol. The predicted octanol–water partition coefficient (Wildman–Crippen LogP) is 11.7. The van der Waals surface area contributed by atoms with Gasteiger partial charge in [-0.2, -0.15) is 0 Å². The maximum atomic E-state index is 12.3. The highest BCUT2D eigenvalue weighted by Crippen LogP contribution is 2.43. The van der Waals surface area contributed by atoms with Gasteiger partial charge in [0.25, 0.3) is 0 Å². The molecule has 0 aliphatic heterocycles. The number of unbranched alkanes of at least 4 members (excludes halogenated alkanes) is 10. The summed E-state index contributed by atoms with van der Waals surface area (Å²) in [5.74, 6) is -2.44. The zero-order valence-corrected chi connectivity index (χ0v) is 37.6. The van der Waals surface area contributed by atoms with Crippen LogP contribution in [0.4, 0.5) is 0 Å². The second kappa shape index (κ2) is 42.1. The third kappa shape index (κ3) is 41.1. The molecule has 12 heteroatoms. The molecule has 0 fully saturated rings. The largest absolute Gasteiger partial charge is 0.480 e. The molecule has 0 spiro atoms. The summed E-state index contributed by atoms with van der Waals surface area (Å²) in [5.41, 5.74) is 0. The number of allylic oxidation sites excluding steroid dienone is 16. The summed E-state index contributed by atoms with van der Waals surface area (Å²) in [6.45, 7) is 2.32. The van der Waals surface area contributed by atoms with Crippen LogP contribution in [0.1, 0.15) is 155 Å². The molecule has 0 rings (SSSR count). The lowest BCUT2D eigenvalue weighted by atomic mass is 10.1. The normalized spacial score (nSPS) is 14.6. The molecule has 0 saturated heterocycles. The third-order valence-electron chi connectivity index (χ3n) is 8.87. The first-order valence-corrected chi connectivity index (χ1v) is 23.8. The number of aliphatic hydroxyl groups excluding tert-OH is 1. The number of ether oxygens (including phenoxy) is 1. The molecule has 60 heavy (non-hydrogen) atoms. The fraction of sp³-hybridized carbons (Fsp3) is 0.604. The zero-order valence-electron chi connectivity index (χ0n) is 36.7. The van der Waals surface area contributed by atoms with Crippen molar-refractivity contribution in [2.75, 3.05) is 19.8 Å². The SMILES string of the molecule is CC/C=C\C/C=C\C/C=C\C/C=C\C/C=C\CCCCCC(=O)NC(COP(=O)(O)OCC(O)COC(=O)CCCCCCCCC/C=C\C/C=C\C/C=C\CC)C(=O)O. The molecular weight excluding hydrogens is 781 g/mol. The molecule has 4 N–H and O–H groups in total. The molecule has 0 heterocycles.